The van der Waals surface area contributed by atoms with Crippen LogP contribution >= 0.6 is 22.7 Å². The third-order valence-corrected chi connectivity index (χ3v) is 7.09. The summed E-state index contributed by atoms with van der Waals surface area (Å²) < 4.78 is 1.18. The van der Waals surface area contributed by atoms with Gasteiger partial charge in [0.1, 0.15) is 5.01 Å². The third kappa shape index (κ3) is 3.34. The van der Waals surface area contributed by atoms with Crippen LogP contribution in [-0.4, -0.2) is 34.9 Å². The number of thiophene rings is 1. The second kappa shape index (κ2) is 6.86. The van der Waals surface area contributed by atoms with Crippen molar-refractivity contribution in [1.82, 2.24) is 9.88 Å². The predicted octanol–water partition coefficient (Wildman–Crippen LogP) is 4.22. The normalized spacial score (nSPS) is 19.3. The minimum absolute atomic E-state index is 0.128. The predicted molar refractivity (Wildman–Crippen MR) is 105 cm³/mol. The maximum Gasteiger partial charge on any atom is 0.263 e. The molecule has 6 heteroatoms. The molecule has 1 saturated heterocycles. The second-order valence-electron chi connectivity index (χ2n) is 6.66. The number of carbonyl (C=O) groups excluding carboxylic acids is 1. The molecule has 130 valence electrons. The molecule has 0 saturated carbocycles. The van der Waals surface area contributed by atoms with E-state index in [1.807, 2.05) is 42.2 Å². The molecule has 0 aliphatic carbocycles. The number of nitrogens with zero attached hydrogens (tertiary/aromatic N) is 2. The minimum Gasteiger partial charge on any atom is -0.338 e. The average Bonchev–Trinajstić information content (AvgIpc) is 3.27. The van der Waals surface area contributed by atoms with Crippen LogP contribution in [0, 0.1) is 5.92 Å². The quantitative estimate of drug-likeness (QED) is 0.750. The van der Waals surface area contributed by atoms with E-state index in [2.05, 4.69) is 6.07 Å². The lowest BCUT2D eigenvalue weighted by Crippen LogP contribution is -2.44. The Morgan fingerprint density at radius 3 is 2.92 bits per heavy atom. The molecule has 3 aromatic rings. The molecule has 0 radical (unpaired) electrons. The second-order valence-corrected chi connectivity index (χ2v) is 8.78. The molecule has 25 heavy (non-hydrogen) atoms. The highest BCUT2D eigenvalue weighted by atomic mass is 32.1. The Bertz CT molecular complexity index is 866. The van der Waals surface area contributed by atoms with E-state index in [9.17, 15) is 4.79 Å². The number of fused-ring (bicyclic) bond motifs is 1. The van der Waals surface area contributed by atoms with Gasteiger partial charge in [0.2, 0.25) is 0 Å². The van der Waals surface area contributed by atoms with E-state index in [4.69, 9.17) is 10.7 Å². The van der Waals surface area contributed by atoms with Gasteiger partial charge in [-0.25, -0.2) is 4.98 Å². The van der Waals surface area contributed by atoms with Crippen molar-refractivity contribution in [3.8, 4) is 9.88 Å². The van der Waals surface area contributed by atoms with Gasteiger partial charge in [-0.1, -0.05) is 12.1 Å². The third-order valence-electron chi connectivity index (χ3n) is 4.81. The molecular formula is C19H21N3OS2. The monoisotopic (exact) mass is 371 g/mol. The number of nitrogens with two attached hydrogens (primary N) is 1. The van der Waals surface area contributed by atoms with Gasteiger partial charge in [-0.05, 0) is 49.9 Å². The Morgan fingerprint density at radius 1 is 1.28 bits per heavy atom. The number of thiazole rings is 1. The maximum absolute atomic E-state index is 12.9. The topological polar surface area (TPSA) is 59.2 Å². The van der Waals surface area contributed by atoms with Gasteiger partial charge in [0.15, 0.2) is 0 Å². The summed E-state index contributed by atoms with van der Waals surface area (Å²) in [5.74, 6) is 0.532. The van der Waals surface area contributed by atoms with Crippen molar-refractivity contribution >= 4 is 38.8 Å². The standard InChI is InChI=1S/C19H21N3OS2/c1-12(20)13-5-4-10-22(11-13)19(23)17-9-8-16(24-17)18-21-14-6-2-3-7-15(14)25-18/h2-3,6-9,12-13H,4-5,10-11,20H2,1H3. The van der Waals surface area contributed by atoms with E-state index >= 15 is 0 Å². The molecule has 0 bridgehead atoms. The Hall–Kier alpha value is -1.76. The first-order valence-corrected chi connectivity index (χ1v) is 10.3. The van der Waals surface area contributed by atoms with Gasteiger partial charge in [0.05, 0.1) is 20.0 Å². The lowest BCUT2D eigenvalue weighted by atomic mass is 9.92. The van der Waals surface area contributed by atoms with E-state index in [0.29, 0.717) is 5.92 Å². The molecule has 2 unspecified atom stereocenters. The van der Waals surface area contributed by atoms with Crippen LogP contribution in [0.1, 0.15) is 29.4 Å². The summed E-state index contributed by atoms with van der Waals surface area (Å²) in [5.41, 5.74) is 7.06. The molecule has 1 aromatic carbocycles. The molecule has 1 aliphatic rings. The van der Waals surface area contributed by atoms with Crippen molar-refractivity contribution in [3.05, 3.63) is 41.3 Å². The number of para-hydroxylation sites is 1. The molecule has 1 aliphatic heterocycles. The lowest BCUT2D eigenvalue weighted by Gasteiger charge is -2.34. The number of hydrogen-bond acceptors (Lipinski definition) is 5. The van der Waals surface area contributed by atoms with Gasteiger partial charge in [0.25, 0.3) is 5.91 Å². The van der Waals surface area contributed by atoms with E-state index < -0.39 is 0 Å². The highest BCUT2D eigenvalue weighted by Crippen LogP contribution is 2.35. The molecule has 4 rings (SSSR count). The summed E-state index contributed by atoms with van der Waals surface area (Å²) in [6.07, 6.45) is 2.15. The number of piperidine rings is 1. The summed E-state index contributed by atoms with van der Waals surface area (Å²) >= 11 is 3.21. The Kier molecular flexibility index (Phi) is 4.58. The molecule has 2 N–H and O–H groups in total. The zero-order chi connectivity index (χ0) is 17.4. The molecule has 2 atom stereocenters. The van der Waals surface area contributed by atoms with Crippen LogP contribution in [0.2, 0.25) is 0 Å². The summed E-state index contributed by atoms with van der Waals surface area (Å²) in [7, 11) is 0. The maximum atomic E-state index is 12.9. The molecule has 3 heterocycles. The number of rotatable bonds is 3. The number of carbonyl (C=O) groups is 1. The highest BCUT2D eigenvalue weighted by Gasteiger charge is 2.27. The number of hydrogen-bond donors (Lipinski definition) is 1. The zero-order valence-electron chi connectivity index (χ0n) is 14.1. The number of aromatic nitrogens is 1. The van der Waals surface area contributed by atoms with Gasteiger partial charge in [-0.2, -0.15) is 0 Å². The molecule has 0 spiro atoms. The van der Waals surface area contributed by atoms with Crippen molar-refractivity contribution in [2.45, 2.75) is 25.8 Å². The van der Waals surface area contributed by atoms with Gasteiger partial charge in [0, 0.05) is 19.1 Å². The van der Waals surface area contributed by atoms with Crippen molar-refractivity contribution in [1.29, 1.82) is 0 Å². The Balaban J connectivity index is 1.55. The fourth-order valence-corrected chi connectivity index (χ4v) is 5.32. The first-order valence-electron chi connectivity index (χ1n) is 8.62. The Morgan fingerprint density at radius 2 is 2.12 bits per heavy atom. The van der Waals surface area contributed by atoms with E-state index in [-0.39, 0.29) is 11.9 Å². The van der Waals surface area contributed by atoms with Crippen LogP contribution in [-0.2, 0) is 0 Å². The first kappa shape index (κ1) is 16.7. The SMILES string of the molecule is CC(N)C1CCCN(C(=O)c2ccc(-c3nc4ccccc4s3)s2)C1. The van der Waals surface area contributed by atoms with Crippen LogP contribution in [0.3, 0.4) is 0 Å². The lowest BCUT2D eigenvalue weighted by molar-refractivity contribution is 0.0666. The van der Waals surface area contributed by atoms with E-state index in [0.717, 1.165) is 46.2 Å². The van der Waals surface area contributed by atoms with Gasteiger partial charge in [-0.3, -0.25) is 4.79 Å². The van der Waals surface area contributed by atoms with Crippen LogP contribution in [0.4, 0.5) is 0 Å². The molecule has 2 aromatic heterocycles. The van der Waals surface area contributed by atoms with Crippen molar-refractivity contribution in [2.24, 2.45) is 11.7 Å². The number of amides is 1. The average molecular weight is 372 g/mol. The van der Waals surface area contributed by atoms with Crippen LogP contribution in [0.25, 0.3) is 20.1 Å². The van der Waals surface area contributed by atoms with Crippen molar-refractivity contribution < 1.29 is 4.79 Å². The molecule has 1 amide bonds. The number of benzene rings is 1. The summed E-state index contributed by atoms with van der Waals surface area (Å²) in [5, 5.41) is 0.984. The van der Waals surface area contributed by atoms with Gasteiger partial charge in [-0.15, -0.1) is 22.7 Å². The summed E-state index contributed by atoms with van der Waals surface area (Å²) in [4.78, 5) is 21.4. The Labute approximate surface area is 155 Å². The minimum atomic E-state index is 0.128. The van der Waals surface area contributed by atoms with E-state index in [1.54, 1.807) is 11.3 Å². The van der Waals surface area contributed by atoms with Crippen LogP contribution in [0.15, 0.2) is 36.4 Å². The fraction of sp³-hybridized carbons (Fsp3) is 0.368. The van der Waals surface area contributed by atoms with Crippen molar-refractivity contribution in [2.75, 3.05) is 13.1 Å². The zero-order valence-corrected chi connectivity index (χ0v) is 15.8. The number of likely N-dealkylation sites (tertiary alicyclic amines) is 1. The molecular weight excluding hydrogens is 350 g/mol. The summed E-state index contributed by atoms with van der Waals surface area (Å²) in [6, 6.07) is 12.2. The van der Waals surface area contributed by atoms with Crippen LogP contribution < -0.4 is 5.73 Å². The largest absolute Gasteiger partial charge is 0.338 e. The smallest absolute Gasteiger partial charge is 0.263 e. The van der Waals surface area contributed by atoms with Crippen molar-refractivity contribution in [3.63, 3.8) is 0 Å². The molecule has 4 nitrogen and oxygen atoms in total. The fourth-order valence-electron chi connectivity index (χ4n) is 3.32. The first-order chi connectivity index (χ1) is 12.1. The van der Waals surface area contributed by atoms with E-state index in [1.165, 1.54) is 16.0 Å². The summed E-state index contributed by atoms with van der Waals surface area (Å²) in [6.45, 7) is 3.64. The van der Waals surface area contributed by atoms with Gasteiger partial charge >= 0.3 is 0 Å². The highest BCUT2D eigenvalue weighted by molar-refractivity contribution is 7.26. The molecule has 1 fully saturated rings. The van der Waals surface area contributed by atoms with Gasteiger partial charge < -0.3 is 10.6 Å². The van der Waals surface area contributed by atoms with Crippen LogP contribution in [0.5, 0.6) is 0 Å².